The number of hydrogen-bond donors (Lipinski definition) is 2. The summed E-state index contributed by atoms with van der Waals surface area (Å²) in [6.45, 7) is 1.19. The van der Waals surface area contributed by atoms with Crippen LogP contribution in [0.15, 0.2) is 42.5 Å². The summed E-state index contributed by atoms with van der Waals surface area (Å²) in [5.41, 5.74) is 1.62. The maximum atomic E-state index is 12.1. The molecule has 0 atom stereocenters. The summed E-state index contributed by atoms with van der Waals surface area (Å²) in [7, 11) is 3.19. The predicted molar refractivity (Wildman–Crippen MR) is 96.0 cm³/mol. The summed E-state index contributed by atoms with van der Waals surface area (Å²) in [4.78, 5) is 12.1. The summed E-state index contributed by atoms with van der Waals surface area (Å²) in [5.74, 6) is 1.30. The zero-order valence-electron chi connectivity index (χ0n) is 13.8. The minimum atomic E-state index is -0.108. The Hall–Kier alpha value is -2.24. The van der Waals surface area contributed by atoms with Crippen LogP contribution in [0.2, 0.25) is 5.02 Å². The summed E-state index contributed by atoms with van der Waals surface area (Å²) >= 11 is 5.95. The minimum Gasteiger partial charge on any atom is -0.496 e. The molecule has 0 unspecified atom stereocenters. The van der Waals surface area contributed by atoms with Crippen LogP contribution in [0.1, 0.15) is 12.0 Å². The van der Waals surface area contributed by atoms with E-state index in [1.807, 2.05) is 24.3 Å². The second-order valence-electron chi connectivity index (χ2n) is 5.13. The van der Waals surface area contributed by atoms with E-state index in [1.54, 1.807) is 32.4 Å². The van der Waals surface area contributed by atoms with Gasteiger partial charge in [0.25, 0.3) is 0 Å². The Bertz CT molecular complexity index is 692. The molecule has 0 aliphatic rings. The van der Waals surface area contributed by atoms with Crippen molar-refractivity contribution in [2.24, 2.45) is 0 Å². The van der Waals surface area contributed by atoms with Gasteiger partial charge in [-0.3, -0.25) is 4.79 Å². The van der Waals surface area contributed by atoms with Gasteiger partial charge in [-0.15, -0.1) is 0 Å². The maximum Gasteiger partial charge on any atom is 0.225 e. The van der Waals surface area contributed by atoms with E-state index >= 15 is 0 Å². The van der Waals surface area contributed by atoms with Crippen molar-refractivity contribution in [2.45, 2.75) is 13.0 Å². The highest BCUT2D eigenvalue weighted by Crippen LogP contribution is 2.27. The zero-order chi connectivity index (χ0) is 17.4. The van der Waals surface area contributed by atoms with Crippen molar-refractivity contribution in [1.82, 2.24) is 5.32 Å². The maximum absolute atomic E-state index is 12.1. The Morgan fingerprint density at radius 2 is 1.83 bits per heavy atom. The molecule has 0 spiro atoms. The van der Waals surface area contributed by atoms with Crippen LogP contribution in [0.5, 0.6) is 11.5 Å². The fourth-order valence-electron chi connectivity index (χ4n) is 2.26. The molecule has 5 nitrogen and oxygen atoms in total. The average Bonchev–Trinajstić information content (AvgIpc) is 2.59. The van der Waals surface area contributed by atoms with E-state index in [2.05, 4.69) is 10.6 Å². The van der Waals surface area contributed by atoms with Crippen molar-refractivity contribution in [3.63, 3.8) is 0 Å². The van der Waals surface area contributed by atoms with Crippen molar-refractivity contribution in [1.29, 1.82) is 0 Å². The minimum absolute atomic E-state index is 0.108. The molecule has 6 heteroatoms. The van der Waals surface area contributed by atoms with Gasteiger partial charge in [-0.25, -0.2) is 0 Å². The summed E-state index contributed by atoms with van der Waals surface area (Å²) in [6, 6.07) is 12.9. The second-order valence-corrected chi connectivity index (χ2v) is 5.57. The predicted octanol–water partition coefficient (Wildman–Crippen LogP) is 3.48. The number of anilines is 1. The molecule has 2 aromatic carbocycles. The van der Waals surface area contributed by atoms with Gasteiger partial charge in [0.1, 0.15) is 11.5 Å². The topological polar surface area (TPSA) is 59.6 Å². The van der Waals surface area contributed by atoms with Gasteiger partial charge in [0.15, 0.2) is 0 Å². The molecular weight excluding hydrogens is 328 g/mol. The lowest BCUT2D eigenvalue weighted by atomic mass is 10.2. The van der Waals surface area contributed by atoms with E-state index in [0.29, 0.717) is 36.0 Å². The molecule has 0 bridgehead atoms. The number of para-hydroxylation sites is 1. The molecule has 24 heavy (non-hydrogen) atoms. The molecule has 0 heterocycles. The van der Waals surface area contributed by atoms with E-state index in [-0.39, 0.29) is 5.91 Å². The number of methoxy groups -OCH3 is 2. The van der Waals surface area contributed by atoms with E-state index < -0.39 is 0 Å². The lowest BCUT2D eigenvalue weighted by molar-refractivity contribution is -0.116. The Morgan fingerprint density at radius 3 is 2.58 bits per heavy atom. The molecule has 2 aromatic rings. The van der Waals surface area contributed by atoms with Gasteiger partial charge in [0, 0.05) is 30.1 Å². The Kier molecular flexibility index (Phi) is 6.90. The van der Waals surface area contributed by atoms with Crippen LogP contribution >= 0.6 is 11.6 Å². The number of carbonyl (C=O) groups excluding carboxylic acids is 1. The molecule has 1 amide bonds. The smallest absolute Gasteiger partial charge is 0.225 e. The Labute approximate surface area is 146 Å². The van der Waals surface area contributed by atoms with Crippen LogP contribution in [-0.2, 0) is 11.3 Å². The zero-order valence-corrected chi connectivity index (χ0v) is 14.5. The summed E-state index contributed by atoms with van der Waals surface area (Å²) in [6.07, 6.45) is 0.338. The number of ether oxygens (including phenoxy) is 2. The van der Waals surface area contributed by atoms with Gasteiger partial charge in [0.2, 0.25) is 5.91 Å². The number of carbonyl (C=O) groups is 1. The SMILES string of the molecule is COc1ccccc1CNCCC(=O)Nc1cc(Cl)ccc1OC. The molecule has 0 saturated carbocycles. The van der Waals surface area contributed by atoms with Gasteiger partial charge in [-0.1, -0.05) is 29.8 Å². The standard InChI is InChI=1S/C18H21ClN2O3/c1-23-16-6-4-3-5-13(16)12-20-10-9-18(22)21-15-11-14(19)7-8-17(15)24-2/h3-8,11,20H,9-10,12H2,1-2H3,(H,21,22). The normalized spacial score (nSPS) is 10.3. The number of amides is 1. The largest absolute Gasteiger partial charge is 0.496 e. The lowest BCUT2D eigenvalue weighted by Crippen LogP contribution is -2.22. The van der Waals surface area contributed by atoms with Gasteiger partial charge in [-0.2, -0.15) is 0 Å². The fraction of sp³-hybridized carbons (Fsp3) is 0.278. The summed E-state index contributed by atoms with van der Waals surface area (Å²) < 4.78 is 10.5. The number of rotatable bonds is 8. The van der Waals surface area contributed by atoms with Crippen molar-refractivity contribution < 1.29 is 14.3 Å². The molecular formula is C18H21ClN2O3. The van der Waals surface area contributed by atoms with Crippen molar-refractivity contribution in [3.05, 3.63) is 53.1 Å². The highest BCUT2D eigenvalue weighted by molar-refractivity contribution is 6.31. The number of benzene rings is 2. The van der Waals surface area contributed by atoms with Crippen LogP contribution in [-0.4, -0.2) is 26.7 Å². The van der Waals surface area contributed by atoms with E-state index in [1.165, 1.54) is 0 Å². The van der Waals surface area contributed by atoms with Gasteiger partial charge < -0.3 is 20.1 Å². The quantitative estimate of drug-likeness (QED) is 0.717. The molecule has 2 rings (SSSR count). The van der Waals surface area contributed by atoms with E-state index in [0.717, 1.165) is 11.3 Å². The van der Waals surface area contributed by atoms with Crippen LogP contribution < -0.4 is 20.1 Å². The monoisotopic (exact) mass is 348 g/mol. The first kappa shape index (κ1) is 18.1. The first-order valence-electron chi connectivity index (χ1n) is 7.60. The molecule has 128 valence electrons. The third-order valence-corrected chi connectivity index (χ3v) is 3.71. The highest BCUT2D eigenvalue weighted by atomic mass is 35.5. The first-order valence-corrected chi connectivity index (χ1v) is 7.98. The molecule has 2 N–H and O–H groups in total. The van der Waals surface area contributed by atoms with Crippen molar-refractivity contribution in [2.75, 3.05) is 26.1 Å². The Balaban J connectivity index is 1.81. The fourth-order valence-corrected chi connectivity index (χ4v) is 2.44. The van der Waals surface area contributed by atoms with E-state index in [4.69, 9.17) is 21.1 Å². The molecule has 0 aliphatic heterocycles. The molecule has 0 aliphatic carbocycles. The van der Waals surface area contributed by atoms with Gasteiger partial charge in [-0.05, 0) is 24.3 Å². The number of halogens is 1. The molecule has 0 saturated heterocycles. The van der Waals surface area contributed by atoms with Crippen LogP contribution in [0.25, 0.3) is 0 Å². The molecule has 0 fully saturated rings. The van der Waals surface area contributed by atoms with Gasteiger partial charge in [0.05, 0.1) is 19.9 Å². The molecule has 0 radical (unpaired) electrons. The average molecular weight is 349 g/mol. The first-order chi connectivity index (χ1) is 11.6. The van der Waals surface area contributed by atoms with Crippen molar-refractivity contribution in [3.8, 4) is 11.5 Å². The summed E-state index contributed by atoms with van der Waals surface area (Å²) in [5, 5.41) is 6.59. The van der Waals surface area contributed by atoms with E-state index in [9.17, 15) is 4.79 Å². The van der Waals surface area contributed by atoms with Crippen LogP contribution in [0, 0.1) is 0 Å². The highest BCUT2D eigenvalue weighted by Gasteiger charge is 2.08. The molecule has 0 aromatic heterocycles. The van der Waals surface area contributed by atoms with Crippen LogP contribution in [0.3, 0.4) is 0 Å². The number of hydrogen-bond acceptors (Lipinski definition) is 4. The number of nitrogens with one attached hydrogen (secondary N) is 2. The van der Waals surface area contributed by atoms with Crippen LogP contribution in [0.4, 0.5) is 5.69 Å². The van der Waals surface area contributed by atoms with Gasteiger partial charge >= 0.3 is 0 Å². The third kappa shape index (κ3) is 5.15. The third-order valence-electron chi connectivity index (χ3n) is 3.47. The lowest BCUT2D eigenvalue weighted by Gasteiger charge is -2.11. The van der Waals surface area contributed by atoms with Crippen molar-refractivity contribution >= 4 is 23.2 Å². The second kappa shape index (κ2) is 9.15. The Morgan fingerprint density at radius 1 is 1.08 bits per heavy atom.